The van der Waals surface area contributed by atoms with Crippen molar-refractivity contribution in [2.24, 2.45) is 23.2 Å². The van der Waals surface area contributed by atoms with Crippen LogP contribution in [0.1, 0.15) is 79.6 Å². The minimum atomic E-state index is -1.09. The van der Waals surface area contributed by atoms with Crippen LogP contribution in [-0.4, -0.2) is 54.3 Å². The molecule has 7 rings (SSSR count). The minimum absolute atomic E-state index is 0.0629. The van der Waals surface area contributed by atoms with Gasteiger partial charge in [0.1, 0.15) is 17.6 Å². The highest BCUT2D eigenvalue weighted by atomic mass is 19.1. The molecule has 1 saturated heterocycles. The van der Waals surface area contributed by atoms with Crippen LogP contribution in [0.25, 0.3) is 0 Å². The number of likely N-dealkylation sites (tertiary alicyclic amines) is 1. The third kappa shape index (κ3) is 3.90. The molecule has 0 aromatic heterocycles. The van der Waals surface area contributed by atoms with E-state index < -0.39 is 23.7 Å². The molecule has 6 fully saturated rings. The van der Waals surface area contributed by atoms with Gasteiger partial charge < -0.3 is 19.5 Å². The summed E-state index contributed by atoms with van der Waals surface area (Å²) in [5, 5.41) is 9.58. The van der Waals surface area contributed by atoms with E-state index in [1.165, 1.54) is 56.6 Å². The lowest BCUT2D eigenvalue weighted by molar-refractivity contribution is -0.141. The molecule has 184 valence electrons. The molecular formula is C27H34FNO5. The number of carboxylic acid groups (broad SMARTS) is 1. The molecule has 34 heavy (non-hydrogen) atoms. The monoisotopic (exact) mass is 471 g/mol. The van der Waals surface area contributed by atoms with Crippen molar-refractivity contribution in [1.29, 1.82) is 0 Å². The Balaban J connectivity index is 1.24. The van der Waals surface area contributed by atoms with E-state index >= 15 is 4.39 Å². The number of amides is 1. The topological polar surface area (TPSA) is 76.1 Å². The van der Waals surface area contributed by atoms with Gasteiger partial charge in [0.25, 0.3) is 5.91 Å². The molecule has 5 aliphatic carbocycles. The molecule has 5 saturated carbocycles. The Morgan fingerprint density at radius 3 is 2.29 bits per heavy atom. The van der Waals surface area contributed by atoms with Crippen molar-refractivity contribution in [3.8, 4) is 5.75 Å². The zero-order valence-corrected chi connectivity index (χ0v) is 19.8. The van der Waals surface area contributed by atoms with Gasteiger partial charge in [0.2, 0.25) is 0 Å². The number of hydrogen-bond donors (Lipinski definition) is 1. The molecule has 1 heterocycles. The molecule has 1 amide bonds. The molecule has 0 spiro atoms. The number of halogens is 1. The zero-order chi connectivity index (χ0) is 23.6. The van der Waals surface area contributed by atoms with Crippen LogP contribution < -0.4 is 4.74 Å². The van der Waals surface area contributed by atoms with Crippen molar-refractivity contribution >= 4 is 11.9 Å². The highest BCUT2D eigenvalue weighted by Crippen LogP contribution is 2.60. The van der Waals surface area contributed by atoms with Gasteiger partial charge >= 0.3 is 5.97 Å². The Morgan fingerprint density at radius 1 is 1.09 bits per heavy atom. The number of benzene rings is 1. The van der Waals surface area contributed by atoms with Crippen molar-refractivity contribution in [3.63, 3.8) is 0 Å². The number of carbonyl (C=O) groups excluding carboxylic acids is 1. The number of hydrogen-bond acceptors (Lipinski definition) is 4. The second-order valence-electron chi connectivity index (χ2n) is 11.8. The first kappa shape index (κ1) is 22.3. The predicted octanol–water partition coefficient (Wildman–Crippen LogP) is 4.61. The summed E-state index contributed by atoms with van der Waals surface area (Å²) in [6.07, 6.45) is 9.64. The molecule has 7 heteroatoms. The Hall–Kier alpha value is -2.15. The quantitative estimate of drug-likeness (QED) is 0.628. The summed E-state index contributed by atoms with van der Waals surface area (Å²) in [7, 11) is 1.50. The van der Waals surface area contributed by atoms with Crippen molar-refractivity contribution in [3.05, 3.63) is 29.1 Å². The molecule has 2 unspecified atom stereocenters. The predicted molar refractivity (Wildman–Crippen MR) is 122 cm³/mol. The maximum absolute atomic E-state index is 15.3. The summed E-state index contributed by atoms with van der Waals surface area (Å²) in [5.74, 6) is 1.01. The van der Waals surface area contributed by atoms with E-state index in [-0.39, 0.29) is 36.0 Å². The van der Waals surface area contributed by atoms with Gasteiger partial charge in [-0.1, -0.05) is 0 Å². The standard InChI is InChI=1S/C27H34FNO5/c1-33-19-7-23(26(31)32)29(13-19)25(30)21-8-20(18-2-3-18)24(9-22(21)28)34-14-27-10-15-4-16(11-27)6-17(5-15)12-27/h8-9,15-19,23H,2-7,10-14H2,1H3,(H,31,32). The maximum atomic E-state index is 15.3. The smallest absolute Gasteiger partial charge is 0.326 e. The van der Waals surface area contributed by atoms with E-state index in [2.05, 4.69) is 0 Å². The molecule has 0 radical (unpaired) electrons. The number of methoxy groups -OCH3 is 1. The lowest BCUT2D eigenvalue weighted by Gasteiger charge is -2.56. The molecule has 1 aromatic carbocycles. The fourth-order valence-electron chi connectivity index (χ4n) is 7.85. The summed E-state index contributed by atoms with van der Waals surface area (Å²) in [6, 6.07) is 2.00. The van der Waals surface area contributed by atoms with Crippen molar-refractivity contribution in [2.75, 3.05) is 20.3 Å². The fraction of sp³-hybridized carbons (Fsp3) is 0.704. The average Bonchev–Trinajstić information content (AvgIpc) is 3.53. The van der Waals surface area contributed by atoms with Gasteiger partial charge in [0, 0.05) is 31.6 Å². The van der Waals surface area contributed by atoms with Crippen molar-refractivity contribution in [1.82, 2.24) is 4.90 Å². The van der Waals surface area contributed by atoms with Crippen LogP contribution in [0.3, 0.4) is 0 Å². The molecule has 1 aliphatic heterocycles. The molecule has 6 nitrogen and oxygen atoms in total. The largest absolute Gasteiger partial charge is 0.493 e. The summed E-state index contributed by atoms with van der Waals surface area (Å²) in [6.45, 7) is 0.778. The highest BCUT2D eigenvalue weighted by Gasteiger charge is 2.51. The number of carboxylic acids is 1. The Kier molecular flexibility index (Phi) is 5.39. The van der Waals surface area contributed by atoms with Gasteiger partial charge in [-0.3, -0.25) is 4.79 Å². The number of nitrogens with zero attached hydrogens (tertiary/aromatic N) is 1. The SMILES string of the molecule is COC1CC(C(=O)O)N(C(=O)c2cc(C3CC3)c(OCC34CC5CC(CC(C5)C3)C4)cc2F)C1. The molecule has 1 N–H and O–H groups in total. The normalized spacial score (nSPS) is 36.2. The molecule has 2 atom stereocenters. The third-order valence-corrected chi connectivity index (χ3v) is 9.19. The summed E-state index contributed by atoms with van der Waals surface area (Å²) in [4.78, 5) is 26.2. The number of ether oxygens (including phenoxy) is 2. The first-order chi connectivity index (χ1) is 16.3. The highest BCUT2D eigenvalue weighted by molar-refractivity contribution is 5.97. The van der Waals surface area contributed by atoms with E-state index in [1.54, 1.807) is 6.07 Å². The zero-order valence-electron chi connectivity index (χ0n) is 19.8. The lowest BCUT2D eigenvalue weighted by Crippen LogP contribution is -2.48. The summed E-state index contributed by atoms with van der Waals surface area (Å²) < 4.78 is 27.0. The first-order valence-electron chi connectivity index (χ1n) is 12.9. The van der Waals surface area contributed by atoms with Crippen molar-refractivity contribution in [2.45, 2.75) is 75.9 Å². The van der Waals surface area contributed by atoms with Gasteiger partial charge in [-0.25, -0.2) is 9.18 Å². The van der Waals surface area contributed by atoms with Crippen LogP contribution in [0.2, 0.25) is 0 Å². The second kappa shape index (κ2) is 8.21. The Morgan fingerprint density at radius 2 is 1.74 bits per heavy atom. The van der Waals surface area contributed by atoms with Crippen LogP contribution in [0.15, 0.2) is 12.1 Å². The number of carbonyl (C=O) groups is 2. The first-order valence-corrected chi connectivity index (χ1v) is 12.9. The third-order valence-electron chi connectivity index (χ3n) is 9.19. The van der Waals surface area contributed by atoms with Crippen molar-refractivity contribution < 1.29 is 28.6 Å². The summed E-state index contributed by atoms with van der Waals surface area (Å²) in [5.41, 5.74) is 1.05. The lowest BCUT2D eigenvalue weighted by atomic mass is 9.50. The van der Waals surface area contributed by atoms with Gasteiger partial charge in [-0.2, -0.15) is 0 Å². The Bertz CT molecular complexity index is 970. The average molecular weight is 472 g/mol. The van der Waals surface area contributed by atoms with E-state index in [0.717, 1.165) is 36.2 Å². The second-order valence-corrected chi connectivity index (χ2v) is 11.8. The van der Waals surface area contributed by atoms with E-state index in [9.17, 15) is 14.7 Å². The van der Waals surface area contributed by atoms with Gasteiger partial charge in [-0.05, 0) is 86.7 Å². The van der Waals surface area contributed by atoms with E-state index in [4.69, 9.17) is 9.47 Å². The molecular weight excluding hydrogens is 437 g/mol. The van der Waals surface area contributed by atoms with Crippen LogP contribution in [0.5, 0.6) is 5.75 Å². The fourth-order valence-corrected chi connectivity index (χ4v) is 7.85. The maximum Gasteiger partial charge on any atom is 0.326 e. The molecule has 1 aromatic rings. The van der Waals surface area contributed by atoms with E-state index in [0.29, 0.717) is 12.4 Å². The molecule has 6 aliphatic rings. The van der Waals surface area contributed by atoms with Crippen LogP contribution in [0.4, 0.5) is 4.39 Å². The van der Waals surface area contributed by atoms with E-state index in [1.807, 2.05) is 0 Å². The number of aliphatic carboxylic acids is 1. The van der Waals surface area contributed by atoms with Crippen LogP contribution >= 0.6 is 0 Å². The molecule has 4 bridgehead atoms. The minimum Gasteiger partial charge on any atom is -0.493 e. The van der Waals surface area contributed by atoms with Crippen LogP contribution in [0, 0.1) is 29.0 Å². The van der Waals surface area contributed by atoms with Crippen LogP contribution in [-0.2, 0) is 9.53 Å². The Labute approximate surface area is 199 Å². The summed E-state index contributed by atoms with van der Waals surface area (Å²) >= 11 is 0. The van der Waals surface area contributed by atoms with Gasteiger partial charge in [0.05, 0.1) is 18.3 Å². The van der Waals surface area contributed by atoms with Gasteiger partial charge in [0.15, 0.2) is 0 Å². The number of rotatable bonds is 7. The van der Waals surface area contributed by atoms with Gasteiger partial charge in [-0.15, -0.1) is 0 Å².